The predicted octanol–water partition coefficient (Wildman–Crippen LogP) is -6.67. The van der Waals surface area contributed by atoms with Crippen LogP contribution in [0.3, 0.4) is 0 Å². The summed E-state index contributed by atoms with van der Waals surface area (Å²) in [7, 11) is -5.32. The van der Waals surface area contributed by atoms with Gasteiger partial charge in [0, 0.05) is 2.74 Å². The van der Waals surface area contributed by atoms with Crippen LogP contribution >= 0.6 is 0 Å². The number of aliphatic hydroxyl groups excluding tert-OH is 3. The Labute approximate surface area is 311 Å². The first-order valence-electron chi connectivity index (χ1n) is 13.4. The molecule has 2 saturated carbocycles. The van der Waals surface area contributed by atoms with Gasteiger partial charge in [0.1, 0.15) is 30.2 Å². The molecular formula is C24H30K2O11S. The van der Waals surface area contributed by atoms with Crippen molar-refractivity contribution in [2.45, 2.75) is 88.1 Å². The van der Waals surface area contributed by atoms with E-state index in [0.29, 0.717) is 19.3 Å². The van der Waals surface area contributed by atoms with Crippen molar-refractivity contribution < 1.29 is 159 Å². The number of carboxylic acid groups (broad SMARTS) is 1. The van der Waals surface area contributed by atoms with Gasteiger partial charge in [0.25, 0.3) is 0 Å². The summed E-state index contributed by atoms with van der Waals surface area (Å²) < 4.78 is 75.5. The molecule has 10 atom stereocenters. The summed E-state index contributed by atoms with van der Waals surface area (Å²) in [5, 5.41) is 41.3. The Bertz CT molecular complexity index is 1270. The Kier molecular flexibility index (Phi) is 10.1. The van der Waals surface area contributed by atoms with Gasteiger partial charge in [-0.25, -0.2) is 8.42 Å². The van der Waals surface area contributed by atoms with Crippen molar-refractivity contribution in [3.05, 3.63) is 29.3 Å². The van der Waals surface area contributed by atoms with Gasteiger partial charge in [0.15, 0.2) is 0 Å². The molecule has 11 nitrogen and oxygen atoms in total. The fraction of sp³-hybridized carbons (Fsp3) is 0.708. The van der Waals surface area contributed by atoms with Crippen LogP contribution in [0, 0.1) is 17.3 Å². The molecule has 3 N–H and O–H groups in total. The van der Waals surface area contributed by atoms with E-state index in [2.05, 4.69) is 4.18 Å². The third-order valence-corrected chi connectivity index (χ3v) is 8.70. The molecule has 38 heavy (non-hydrogen) atoms. The summed E-state index contributed by atoms with van der Waals surface area (Å²) in [6.45, 7) is 1.63. The Morgan fingerprint density at radius 1 is 1.18 bits per heavy atom. The SMILES string of the molecule is [2H]C1([2H])C[C@H]2[C@@H]3CCc4cc(O[C@@H]5O[C@H](C(=O)[O-])[C@@H](O)[C@H](O)[C@H]5O)ccc4[C@H]3CC[C@]2(C)[C@@]1([2H])OS(=O)(=O)[O-].[K+].[K+]. The molecule has 3 aliphatic carbocycles. The molecule has 14 heteroatoms. The molecule has 1 aliphatic heterocycles. The maximum Gasteiger partial charge on any atom is 1.00 e. The van der Waals surface area contributed by atoms with Crippen LogP contribution in [-0.2, 0) is 30.5 Å². The molecule has 0 radical (unpaired) electrons. The maximum atomic E-state index is 11.5. The number of rotatable bonds is 5. The average molecular weight is 608 g/mol. The first-order chi connectivity index (χ1) is 18.0. The average Bonchev–Trinajstić information content (AvgIpc) is 2.99. The van der Waals surface area contributed by atoms with Crippen molar-refractivity contribution in [3.63, 3.8) is 0 Å². The molecule has 1 heterocycles. The summed E-state index contributed by atoms with van der Waals surface area (Å²) in [6, 6.07) is 5.10. The van der Waals surface area contributed by atoms with Gasteiger partial charge < -0.3 is 39.2 Å². The minimum atomic E-state index is -5.32. The number of fused-ring (bicyclic) bond motifs is 5. The Hall–Kier alpha value is 1.47. The van der Waals surface area contributed by atoms with Gasteiger partial charge in [0.2, 0.25) is 16.7 Å². The Balaban J connectivity index is 0.00000231. The summed E-state index contributed by atoms with van der Waals surface area (Å²) in [5.74, 6) is -2.07. The van der Waals surface area contributed by atoms with E-state index in [0.717, 1.165) is 11.1 Å². The molecule has 0 bridgehead atoms. The standard InChI is InChI=1S/C24H32O11S.2K/c1-24-9-8-14-13-5-3-12(33-23-20(27)18(25)19(26)21(34-23)22(28)29)10-11(13)2-4-15(14)16(24)6-7-17(24)35-36(30,31)32;;/h3,5,10,14-21,23,25-27H,2,4,6-9H2,1H3,(H,28,29)(H,30,31,32);;/q;2*+1/p-2/t14-,15-,16+,17+,18+,19+,20-,21+,23-,24+;;/m1../s1/i7D2,17D;;. The van der Waals surface area contributed by atoms with Crippen LogP contribution in [0.15, 0.2) is 18.2 Å². The minimum Gasteiger partial charge on any atom is -0.726 e. The molecular weight excluding hydrogens is 575 g/mol. The monoisotopic (exact) mass is 607 g/mol. The number of aryl methyl sites for hydroxylation is 1. The molecule has 1 saturated heterocycles. The van der Waals surface area contributed by atoms with E-state index in [4.69, 9.17) is 13.6 Å². The van der Waals surface area contributed by atoms with Gasteiger partial charge in [-0.15, -0.1) is 0 Å². The van der Waals surface area contributed by atoms with E-state index in [9.17, 15) is 38.2 Å². The van der Waals surface area contributed by atoms with E-state index >= 15 is 0 Å². The zero-order valence-corrected chi connectivity index (χ0v) is 28.5. The number of aliphatic carboxylic acids is 1. The topological polar surface area (TPSA) is 186 Å². The van der Waals surface area contributed by atoms with Crippen LogP contribution < -0.4 is 113 Å². The largest absolute Gasteiger partial charge is 1.00 e. The van der Waals surface area contributed by atoms with Gasteiger partial charge in [-0.2, -0.15) is 0 Å². The zero-order chi connectivity index (χ0) is 28.7. The first kappa shape index (κ1) is 29.5. The van der Waals surface area contributed by atoms with Crippen molar-refractivity contribution >= 4 is 16.4 Å². The number of carbonyl (C=O) groups is 1. The quantitative estimate of drug-likeness (QED) is 0.164. The van der Waals surface area contributed by atoms with E-state index < -0.39 is 70.9 Å². The van der Waals surface area contributed by atoms with Crippen LogP contribution in [0.1, 0.15) is 60.1 Å². The summed E-state index contributed by atoms with van der Waals surface area (Å²) >= 11 is 0. The smallest absolute Gasteiger partial charge is 0.726 e. The molecule has 1 aromatic carbocycles. The number of hydrogen-bond donors (Lipinski definition) is 3. The Morgan fingerprint density at radius 3 is 2.55 bits per heavy atom. The number of benzene rings is 1. The van der Waals surface area contributed by atoms with Crippen LogP contribution in [0.25, 0.3) is 0 Å². The zero-order valence-electron chi connectivity index (χ0n) is 24.4. The summed E-state index contributed by atoms with van der Waals surface area (Å²) in [4.78, 5) is 11.3. The second-order valence-corrected chi connectivity index (χ2v) is 11.3. The van der Waals surface area contributed by atoms with Crippen LogP contribution in [0.2, 0.25) is 0 Å². The Morgan fingerprint density at radius 2 is 1.89 bits per heavy atom. The second kappa shape index (κ2) is 13.0. The van der Waals surface area contributed by atoms with Gasteiger partial charge in [-0.3, -0.25) is 4.18 Å². The molecule has 4 aliphatic rings. The van der Waals surface area contributed by atoms with E-state index in [1.165, 1.54) is 0 Å². The third kappa shape index (κ3) is 6.51. The van der Waals surface area contributed by atoms with Gasteiger partial charge >= 0.3 is 103 Å². The fourth-order valence-electron chi connectivity index (χ4n) is 6.52. The van der Waals surface area contributed by atoms with Crippen molar-refractivity contribution in [3.8, 4) is 5.75 Å². The molecule has 3 fully saturated rings. The number of hydrogen-bond acceptors (Lipinski definition) is 11. The molecule has 0 amide bonds. The van der Waals surface area contributed by atoms with Crippen LogP contribution in [0.4, 0.5) is 0 Å². The molecule has 0 aromatic heterocycles. The van der Waals surface area contributed by atoms with Crippen molar-refractivity contribution in [2.24, 2.45) is 17.3 Å². The number of carboxylic acids is 1. The first-order valence-corrected chi connectivity index (χ1v) is 13.2. The van der Waals surface area contributed by atoms with Crippen LogP contribution in [-0.4, -0.2) is 71.0 Å². The van der Waals surface area contributed by atoms with Crippen molar-refractivity contribution in [2.75, 3.05) is 0 Å². The van der Waals surface area contributed by atoms with Gasteiger partial charge in [-0.05, 0) is 84.9 Å². The van der Waals surface area contributed by atoms with Gasteiger partial charge in [0.05, 0.1) is 13.4 Å². The second-order valence-electron chi connectivity index (χ2n) is 10.3. The normalized spacial score (nSPS) is 44.4. The predicted molar refractivity (Wildman–Crippen MR) is 118 cm³/mol. The molecule has 0 spiro atoms. The van der Waals surface area contributed by atoms with E-state index in [-0.39, 0.29) is 133 Å². The number of aliphatic hydroxyl groups is 3. The van der Waals surface area contributed by atoms with E-state index in [1.54, 1.807) is 25.1 Å². The fourth-order valence-corrected chi connectivity index (χ4v) is 6.97. The van der Waals surface area contributed by atoms with Gasteiger partial charge in [-0.1, -0.05) is 13.0 Å². The maximum absolute atomic E-state index is 11.5. The molecule has 0 unspecified atom stereocenters. The molecule has 200 valence electrons. The molecule has 1 aromatic rings. The number of ether oxygens (including phenoxy) is 2. The molecule has 5 rings (SSSR count). The summed E-state index contributed by atoms with van der Waals surface area (Å²) in [5.41, 5.74) is 0.663. The van der Waals surface area contributed by atoms with Crippen molar-refractivity contribution in [1.82, 2.24) is 0 Å². The minimum absolute atomic E-state index is 0. The van der Waals surface area contributed by atoms with Crippen molar-refractivity contribution in [1.29, 1.82) is 0 Å². The summed E-state index contributed by atoms with van der Waals surface area (Å²) in [6.07, 6.45) is -12.1. The van der Waals surface area contributed by atoms with E-state index in [1.807, 2.05) is 0 Å². The van der Waals surface area contributed by atoms with Crippen LogP contribution in [0.5, 0.6) is 5.75 Å². The third-order valence-electron chi connectivity index (χ3n) is 8.33. The number of carbonyl (C=O) groups excluding carboxylic acids is 1.